The zero-order valence-electron chi connectivity index (χ0n) is 9.96. The van der Waals surface area contributed by atoms with Crippen molar-refractivity contribution in [3.8, 4) is 0 Å². The minimum Gasteiger partial charge on any atom is -1.00 e. The number of anilines is 1. The van der Waals surface area contributed by atoms with Gasteiger partial charge in [0.15, 0.2) is 0 Å². The molecular formula is C9H14NNaO2S. The molecule has 0 radical (unpaired) electrons. The van der Waals surface area contributed by atoms with Gasteiger partial charge >= 0.3 is 29.6 Å². The average Bonchev–Trinajstić information content (AvgIpc) is 1.93. The van der Waals surface area contributed by atoms with E-state index in [9.17, 15) is 8.42 Å². The fourth-order valence-corrected chi connectivity index (χ4v) is 1.76. The van der Waals surface area contributed by atoms with Gasteiger partial charge in [0.05, 0.1) is 11.9 Å². The fraction of sp³-hybridized carbons (Fsp3) is 0.333. The summed E-state index contributed by atoms with van der Waals surface area (Å²) in [6, 6.07) is 5.58. The molecule has 0 bridgehead atoms. The van der Waals surface area contributed by atoms with Crippen molar-refractivity contribution in [1.82, 2.24) is 0 Å². The topological polar surface area (TPSA) is 46.2 Å². The first kappa shape index (κ1) is 14.0. The molecule has 5 heteroatoms. The molecule has 1 aromatic carbocycles. The van der Waals surface area contributed by atoms with Crippen LogP contribution in [-0.2, 0) is 10.0 Å². The van der Waals surface area contributed by atoms with Gasteiger partial charge in [-0.05, 0) is 25.5 Å². The Morgan fingerprint density at radius 1 is 1.29 bits per heavy atom. The molecule has 74 valence electrons. The molecule has 0 aliphatic rings. The standard InChI is InChI=1S/C9H13NO2S.Na.H/c1-7-4-5-9(8(2)6-7)10-13(3,11)12;;/h4-6,10H,1-3H3;;/q;+1;-1. The molecule has 0 atom stereocenters. The molecule has 0 saturated carbocycles. The molecule has 3 nitrogen and oxygen atoms in total. The Balaban J connectivity index is 0. The fourth-order valence-electron chi connectivity index (χ4n) is 1.13. The molecule has 0 aromatic heterocycles. The minimum atomic E-state index is -3.16. The van der Waals surface area contributed by atoms with E-state index in [1.807, 2.05) is 26.0 Å². The molecule has 0 aliphatic heterocycles. The van der Waals surface area contributed by atoms with Crippen molar-refractivity contribution in [3.05, 3.63) is 29.3 Å². The van der Waals surface area contributed by atoms with Crippen LogP contribution >= 0.6 is 0 Å². The Hall–Kier alpha value is -0.0300. The Morgan fingerprint density at radius 2 is 1.86 bits per heavy atom. The van der Waals surface area contributed by atoms with Crippen molar-refractivity contribution in [2.45, 2.75) is 13.8 Å². The summed E-state index contributed by atoms with van der Waals surface area (Å²) in [5, 5.41) is 0. The van der Waals surface area contributed by atoms with Gasteiger partial charge in [-0.3, -0.25) is 4.72 Å². The van der Waals surface area contributed by atoms with Gasteiger partial charge in [0.2, 0.25) is 10.0 Å². The van der Waals surface area contributed by atoms with E-state index in [0.29, 0.717) is 5.69 Å². The summed E-state index contributed by atoms with van der Waals surface area (Å²) in [5.41, 5.74) is 2.70. The SMILES string of the molecule is Cc1ccc(NS(C)(=O)=O)c(C)c1.[H-].[Na+]. The van der Waals surface area contributed by atoms with Gasteiger partial charge in [0.1, 0.15) is 0 Å². The van der Waals surface area contributed by atoms with Crippen LogP contribution in [0.15, 0.2) is 18.2 Å². The van der Waals surface area contributed by atoms with Crippen molar-refractivity contribution in [2.75, 3.05) is 11.0 Å². The summed E-state index contributed by atoms with van der Waals surface area (Å²) >= 11 is 0. The second-order valence-electron chi connectivity index (χ2n) is 3.19. The molecule has 0 unspecified atom stereocenters. The first-order valence-electron chi connectivity index (χ1n) is 3.93. The summed E-state index contributed by atoms with van der Waals surface area (Å²) in [7, 11) is -3.16. The van der Waals surface area contributed by atoms with Gasteiger partial charge in [0.25, 0.3) is 0 Å². The third-order valence-electron chi connectivity index (χ3n) is 1.68. The smallest absolute Gasteiger partial charge is 1.00 e. The summed E-state index contributed by atoms with van der Waals surface area (Å²) in [6.45, 7) is 3.84. The predicted molar refractivity (Wildman–Crippen MR) is 55.5 cm³/mol. The van der Waals surface area contributed by atoms with Crippen molar-refractivity contribution in [3.63, 3.8) is 0 Å². The van der Waals surface area contributed by atoms with Crippen molar-refractivity contribution >= 4 is 15.7 Å². The van der Waals surface area contributed by atoms with Crippen molar-refractivity contribution in [1.29, 1.82) is 0 Å². The van der Waals surface area contributed by atoms with Crippen LogP contribution < -0.4 is 34.3 Å². The second-order valence-corrected chi connectivity index (χ2v) is 4.94. The number of rotatable bonds is 2. The van der Waals surface area contributed by atoms with Crippen LogP contribution in [0.25, 0.3) is 0 Å². The predicted octanol–water partition coefficient (Wildman–Crippen LogP) is -1.21. The van der Waals surface area contributed by atoms with E-state index >= 15 is 0 Å². The Kier molecular flexibility index (Phi) is 5.15. The van der Waals surface area contributed by atoms with Gasteiger partial charge in [-0.2, -0.15) is 0 Å². The first-order valence-corrected chi connectivity index (χ1v) is 5.83. The van der Waals surface area contributed by atoms with Gasteiger partial charge in [-0.15, -0.1) is 0 Å². The van der Waals surface area contributed by atoms with E-state index in [1.54, 1.807) is 6.07 Å². The number of aryl methyl sites for hydroxylation is 2. The first-order chi connectivity index (χ1) is 5.88. The average molecular weight is 223 g/mol. The third kappa shape index (κ3) is 4.46. The van der Waals surface area contributed by atoms with Crippen LogP contribution in [0.5, 0.6) is 0 Å². The Bertz CT molecular complexity index is 420. The maximum Gasteiger partial charge on any atom is 1.00 e. The van der Waals surface area contributed by atoms with Gasteiger partial charge in [-0.25, -0.2) is 8.42 Å². The number of nitrogens with one attached hydrogen (secondary N) is 1. The van der Waals surface area contributed by atoms with Crippen LogP contribution in [0.1, 0.15) is 12.6 Å². The molecule has 0 heterocycles. The Morgan fingerprint density at radius 3 is 2.29 bits per heavy atom. The van der Waals surface area contributed by atoms with Crippen LogP contribution in [0, 0.1) is 13.8 Å². The van der Waals surface area contributed by atoms with E-state index in [4.69, 9.17) is 0 Å². The minimum absolute atomic E-state index is 0. The maximum absolute atomic E-state index is 10.9. The summed E-state index contributed by atoms with van der Waals surface area (Å²) in [6.07, 6.45) is 1.15. The molecule has 0 fully saturated rings. The zero-order valence-corrected chi connectivity index (χ0v) is 11.8. The Labute approximate surface area is 109 Å². The number of hydrogen-bond donors (Lipinski definition) is 1. The van der Waals surface area contributed by atoms with E-state index in [0.717, 1.165) is 17.4 Å². The van der Waals surface area contributed by atoms with Crippen LogP contribution in [0.2, 0.25) is 0 Å². The van der Waals surface area contributed by atoms with Crippen LogP contribution in [0.4, 0.5) is 5.69 Å². The van der Waals surface area contributed by atoms with Crippen LogP contribution in [-0.4, -0.2) is 14.7 Å². The molecule has 0 aliphatic carbocycles. The van der Waals surface area contributed by atoms with E-state index in [2.05, 4.69) is 4.72 Å². The van der Waals surface area contributed by atoms with E-state index < -0.39 is 10.0 Å². The second kappa shape index (κ2) is 5.16. The van der Waals surface area contributed by atoms with Crippen LogP contribution in [0.3, 0.4) is 0 Å². The zero-order chi connectivity index (χ0) is 10.1. The van der Waals surface area contributed by atoms with Gasteiger partial charge in [-0.1, -0.05) is 17.7 Å². The summed E-state index contributed by atoms with van der Waals surface area (Å²) < 4.78 is 24.3. The third-order valence-corrected chi connectivity index (χ3v) is 2.27. The molecular weight excluding hydrogens is 209 g/mol. The van der Waals surface area contributed by atoms with Gasteiger partial charge in [0, 0.05) is 0 Å². The molecule has 14 heavy (non-hydrogen) atoms. The quantitative estimate of drug-likeness (QED) is 0.640. The molecule has 0 amide bonds. The maximum atomic E-state index is 10.9. The molecule has 0 saturated heterocycles. The van der Waals surface area contributed by atoms with E-state index in [-0.39, 0.29) is 31.0 Å². The van der Waals surface area contributed by atoms with Crippen molar-refractivity contribution < 1.29 is 39.4 Å². The number of benzene rings is 1. The van der Waals surface area contributed by atoms with E-state index in [1.165, 1.54) is 0 Å². The van der Waals surface area contributed by atoms with Crippen molar-refractivity contribution in [2.24, 2.45) is 0 Å². The number of sulfonamides is 1. The summed E-state index contributed by atoms with van der Waals surface area (Å²) in [5.74, 6) is 0. The summed E-state index contributed by atoms with van der Waals surface area (Å²) in [4.78, 5) is 0. The molecule has 1 N–H and O–H groups in total. The molecule has 1 aromatic rings. The normalized spacial score (nSPS) is 10.5. The van der Waals surface area contributed by atoms with Gasteiger partial charge < -0.3 is 1.43 Å². The molecule has 1 rings (SSSR count). The number of hydrogen-bond acceptors (Lipinski definition) is 2. The largest absolute Gasteiger partial charge is 1.00 e. The monoisotopic (exact) mass is 223 g/mol. The molecule has 0 spiro atoms.